The van der Waals surface area contributed by atoms with Crippen LogP contribution in [0.4, 0.5) is 0 Å². The normalized spacial score (nSPS) is 19.5. The van der Waals surface area contributed by atoms with Gasteiger partial charge in [0.1, 0.15) is 0 Å². The largest absolute Gasteiger partial charge is 0.338 e. The van der Waals surface area contributed by atoms with Crippen molar-refractivity contribution >= 4 is 23.2 Å². The van der Waals surface area contributed by atoms with Gasteiger partial charge in [0.2, 0.25) is 11.8 Å². The standard InChI is InChI=1S/C21H30N6O3S/c1-3-18-22-20(30-23-18)16(2)25-8-6-24(7-9-25)15-19(28)26-10-12-27(13-11-26)21(29)17-5-4-14-31-17/h4-5,14,16H,3,6-13,15H2,1-2H3. The number of rotatable bonds is 6. The fourth-order valence-corrected chi connectivity index (χ4v) is 4.74. The van der Waals surface area contributed by atoms with Gasteiger partial charge in [-0.25, -0.2) is 0 Å². The first-order valence-corrected chi connectivity index (χ1v) is 11.8. The smallest absolute Gasteiger partial charge is 0.264 e. The summed E-state index contributed by atoms with van der Waals surface area (Å²) < 4.78 is 5.39. The zero-order valence-corrected chi connectivity index (χ0v) is 19.0. The van der Waals surface area contributed by atoms with Gasteiger partial charge in [0.05, 0.1) is 17.5 Å². The van der Waals surface area contributed by atoms with Crippen LogP contribution in [0, 0.1) is 0 Å². The molecule has 4 heterocycles. The highest BCUT2D eigenvalue weighted by Crippen LogP contribution is 2.20. The molecule has 168 valence electrons. The first kappa shape index (κ1) is 21.9. The van der Waals surface area contributed by atoms with E-state index in [0.29, 0.717) is 38.6 Å². The van der Waals surface area contributed by atoms with Crippen LogP contribution >= 0.6 is 11.3 Å². The number of carbonyl (C=O) groups excluding carboxylic acids is 2. The Morgan fingerprint density at radius 2 is 1.81 bits per heavy atom. The maximum Gasteiger partial charge on any atom is 0.264 e. The van der Waals surface area contributed by atoms with E-state index in [0.717, 1.165) is 43.3 Å². The average Bonchev–Trinajstić information content (AvgIpc) is 3.51. The molecule has 0 aliphatic carbocycles. The number of thiophene rings is 1. The summed E-state index contributed by atoms with van der Waals surface area (Å²) in [4.78, 5) is 38.7. The summed E-state index contributed by atoms with van der Waals surface area (Å²) >= 11 is 1.46. The fraction of sp³-hybridized carbons (Fsp3) is 0.619. The van der Waals surface area contributed by atoms with Crippen molar-refractivity contribution in [1.29, 1.82) is 0 Å². The maximum absolute atomic E-state index is 12.8. The van der Waals surface area contributed by atoms with E-state index in [1.165, 1.54) is 11.3 Å². The molecule has 1 atom stereocenters. The van der Waals surface area contributed by atoms with E-state index in [4.69, 9.17) is 4.52 Å². The molecule has 2 aliphatic rings. The van der Waals surface area contributed by atoms with Crippen molar-refractivity contribution in [3.05, 3.63) is 34.1 Å². The van der Waals surface area contributed by atoms with E-state index in [2.05, 4.69) is 26.9 Å². The van der Waals surface area contributed by atoms with E-state index >= 15 is 0 Å². The Kier molecular flexibility index (Phi) is 6.99. The van der Waals surface area contributed by atoms with Gasteiger partial charge in [-0.2, -0.15) is 4.98 Å². The molecule has 2 amide bonds. The predicted molar refractivity (Wildman–Crippen MR) is 117 cm³/mol. The van der Waals surface area contributed by atoms with Gasteiger partial charge in [-0.1, -0.05) is 18.1 Å². The zero-order valence-electron chi connectivity index (χ0n) is 18.2. The monoisotopic (exact) mass is 446 g/mol. The summed E-state index contributed by atoms with van der Waals surface area (Å²) in [6.07, 6.45) is 0.766. The molecule has 0 aromatic carbocycles. The number of amides is 2. The molecule has 2 aromatic rings. The Hall–Kier alpha value is -2.30. The van der Waals surface area contributed by atoms with Gasteiger partial charge in [-0.05, 0) is 18.4 Å². The fourth-order valence-electron chi connectivity index (χ4n) is 4.05. The van der Waals surface area contributed by atoms with Crippen molar-refractivity contribution in [1.82, 2.24) is 29.7 Å². The minimum Gasteiger partial charge on any atom is -0.338 e. The molecule has 2 saturated heterocycles. The molecule has 4 rings (SSSR count). The number of nitrogens with zero attached hydrogens (tertiary/aromatic N) is 6. The number of aromatic nitrogens is 2. The quantitative estimate of drug-likeness (QED) is 0.662. The third-order valence-corrected chi connectivity index (χ3v) is 6.98. The number of hydrogen-bond acceptors (Lipinski definition) is 8. The highest BCUT2D eigenvalue weighted by atomic mass is 32.1. The van der Waals surface area contributed by atoms with Crippen LogP contribution in [0.2, 0.25) is 0 Å². The molecule has 1 unspecified atom stereocenters. The van der Waals surface area contributed by atoms with Gasteiger partial charge in [0.25, 0.3) is 5.91 Å². The van der Waals surface area contributed by atoms with E-state index < -0.39 is 0 Å². The lowest BCUT2D eigenvalue weighted by Gasteiger charge is -2.38. The predicted octanol–water partition coefficient (Wildman–Crippen LogP) is 1.36. The highest BCUT2D eigenvalue weighted by Gasteiger charge is 2.29. The Balaban J connectivity index is 1.20. The summed E-state index contributed by atoms with van der Waals surface area (Å²) in [5.74, 6) is 1.62. The second-order valence-electron chi connectivity index (χ2n) is 8.04. The number of hydrogen-bond donors (Lipinski definition) is 0. The molecule has 0 bridgehead atoms. The molecule has 0 N–H and O–H groups in total. The van der Waals surface area contributed by atoms with Crippen molar-refractivity contribution in [2.75, 3.05) is 58.9 Å². The van der Waals surface area contributed by atoms with Crippen molar-refractivity contribution in [2.45, 2.75) is 26.3 Å². The second-order valence-corrected chi connectivity index (χ2v) is 8.99. The van der Waals surface area contributed by atoms with Crippen LogP contribution in [0.3, 0.4) is 0 Å². The molecule has 0 radical (unpaired) electrons. The summed E-state index contributed by atoms with van der Waals surface area (Å²) in [6.45, 7) is 10.3. The lowest BCUT2D eigenvalue weighted by molar-refractivity contribution is -0.134. The molecular weight excluding hydrogens is 416 g/mol. The molecule has 31 heavy (non-hydrogen) atoms. The summed E-state index contributed by atoms with van der Waals surface area (Å²) in [7, 11) is 0. The van der Waals surface area contributed by atoms with Gasteiger partial charge in [-0.3, -0.25) is 19.4 Å². The Bertz CT molecular complexity index is 870. The number of aryl methyl sites for hydroxylation is 1. The van der Waals surface area contributed by atoms with Crippen LogP contribution in [-0.2, 0) is 11.2 Å². The van der Waals surface area contributed by atoms with E-state index in [9.17, 15) is 9.59 Å². The molecule has 0 saturated carbocycles. The van der Waals surface area contributed by atoms with Crippen LogP contribution in [0.15, 0.2) is 22.0 Å². The SMILES string of the molecule is CCc1noc(C(C)N2CCN(CC(=O)N3CCN(C(=O)c4cccs4)CC3)CC2)n1. The molecular formula is C21H30N6O3S. The van der Waals surface area contributed by atoms with Gasteiger partial charge in [-0.15, -0.1) is 11.3 Å². The highest BCUT2D eigenvalue weighted by molar-refractivity contribution is 7.12. The van der Waals surface area contributed by atoms with Crippen LogP contribution < -0.4 is 0 Å². The van der Waals surface area contributed by atoms with Gasteiger partial charge in [0.15, 0.2) is 5.82 Å². The third kappa shape index (κ3) is 5.13. The van der Waals surface area contributed by atoms with Gasteiger partial charge < -0.3 is 14.3 Å². The molecule has 9 nitrogen and oxygen atoms in total. The zero-order chi connectivity index (χ0) is 21.8. The van der Waals surface area contributed by atoms with Crippen LogP contribution in [0.5, 0.6) is 0 Å². The van der Waals surface area contributed by atoms with Crippen LogP contribution in [0.25, 0.3) is 0 Å². The maximum atomic E-state index is 12.8. The summed E-state index contributed by atoms with van der Waals surface area (Å²) in [5, 5.41) is 5.90. The van der Waals surface area contributed by atoms with Crippen LogP contribution in [0.1, 0.15) is 41.3 Å². The van der Waals surface area contributed by atoms with Crippen LogP contribution in [-0.4, -0.2) is 100 Å². The first-order valence-electron chi connectivity index (χ1n) is 10.9. The van der Waals surface area contributed by atoms with Gasteiger partial charge >= 0.3 is 0 Å². The summed E-state index contributed by atoms with van der Waals surface area (Å²) in [5.41, 5.74) is 0. The molecule has 2 aliphatic heterocycles. The van der Waals surface area contributed by atoms with Crippen molar-refractivity contribution in [2.24, 2.45) is 0 Å². The van der Waals surface area contributed by atoms with E-state index in [1.807, 2.05) is 34.2 Å². The molecule has 10 heteroatoms. The molecule has 2 aromatic heterocycles. The Morgan fingerprint density at radius 3 is 2.42 bits per heavy atom. The summed E-state index contributed by atoms with van der Waals surface area (Å²) in [6, 6.07) is 3.83. The first-order chi connectivity index (χ1) is 15.0. The number of carbonyl (C=O) groups is 2. The van der Waals surface area contributed by atoms with E-state index in [-0.39, 0.29) is 17.9 Å². The molecule has 0 spiro atoms. The third-order valence-electron chi connectivity index (χ3n) is 6.12. The minimum atomic E-state index is 0.0691. The topological polar surface area (TPSA) is 86.0 Å². The van der Waals surface area contributed by atoms with Crippen molar-refractivity contribution < 1.29 is 14.1 Å². The van der Waals surface area contributed by atoms with Gasteiger partial charge in [0, 0.05) is 58.8 Å². The van der Waals surface area contributed by atoms with Crippen molar-refractivity contribution in [3.63, 3.8) is 0 Å². The lowest BCUT2D eigenvalue weighted by atomic mass is 10.2. The number of piperazine rings is 2. The second kappa shape index (κ2) is 9.88. The Morgan fingerprint density at radius 1 is 1.10 bits per heavy atom. The molecule has 2 fully saturated rings. The Labute approximate surface area is 186 Å². The van der Waals surface area contributed by atoms with E-state index in [1.54, 1.807) is 0 Å². The minimum absolute atomic E-state index is 0.0691. The average molecular weight is 447 g/mol. The lowest BCUT2D eigenvalue weighted by Crippen LogP contribution is -2.54. The van der Waals surface area contributed by atoms with Crippen molar-refractivity contribution in [3.8, 4) is 0 Å².